The lowest BCUT2D eigenvalue weighted by atomic mass is 10.2. The summed E-state index contributed by atoms with van der Waals surface area (Å²) in [5.74, 6) is 0. The van der Waals surface area contributed by atoms with E-state index in [1.54, 1.807) is 0 Å². The van der Waals surface area contributed by atoms with Gasteiger partial charge in [-0.25, -0.2) is 4.79 Å². The van der Waals surface area contributed by atoms with Crippen LogP contribution in [0.5, 0.6) is 0 Å². The van der Waals surface area contributed by atoms with E-state index in [0.717, 1.165) is 10.1 Å². The quantitative estimate of drug-likeness (QED) is 0.643. The van der Waals surface area contributed by atoms with Gasteiger partial charge in [0, 0.05) is 10.1 Å². The molecule has 0 fully saturated rings. The van der Waals surface area contributed by atoms with Crippen molar-refractivity contribution in [3.63, 3.8) is 0 Å². The highest BCUT2D eigenvalue weighted by atomic mass is 35.5. The molecule has 1 aromatic carbocycles. The maximum Gasteiger partial charge on any atom is 0.326 e. The molecule has 0 saturated heterocycles. The fourth-order valence-corrected chi connectivity index (χ4v) is 2.69. The summed E-state index contributed by atoms with van der Waals surface area (Å²) in [4.78, 5) is 27.5. The van der Waals surface area contributed by atoms with E-state index in [0.29, 0.717) is 10.2 Å². The molecule has 6 heteroatoms. The number of rotatable bonds is 0. The summed E-state index contributed by atoms with van der Waals surface area (Å²) in [5, 5.41) is 0.917. The third-order valence-corrected chi connectivity index (χ3v) is 3.44. The van der Waals surface area contributed by atoms with Crippen molar-refractivity contribution in [3.8, 4) is 0 Å². The van der Waals surface area contributed by atoms with Gasteiger partial charge in [0.25, 0.3) is 5.56 Å². The molecular weight excluding hydrogens is 248 g/mol. The standard InChI is InChI=1S/C10H6N2O2S.ClH/c13-9-8-7(11-10(14)12-9)5-3-1-2-4-6(5)15-8;/h1-4H,(H2,11,12,13,14);1H. The molecule has 0 bridgehead atoms. The summed E-state index contributed by atoms with van der Waals surface area (Å²) in [6.45, 7) is 0. The Labute approximate surface area is 99.4 Å². The molecule has 82 valence electrons. The number of nitrogens with one attached hydrogen (secondary N) is 2. The van der Waals surface area contributed by atoms with Crippen LogP contribution in [-0.4, -0.2) is 9.97 Å². The van der Waals surface area contributed by atoms with Crippen LogP contribution in [0.25, 0.3) is 20.3 Å². The normalized spacial score (nSPS) is 10.5. The first-order valence-corrected chi connectivity index (χ1v) is 5.21. The van der Waals surface area contributed by atoms with Crippen LogP contribution < -0.4 is 11.2 Å². The molecule has 0 amide bonds. The van der Waals surface area contributed by atoms with Gasteiger partial charge >= 0.3 is 5.69 Å². The number of hydrogen-bond acceptors (Lipinski definition) is 3. The van der Waals surface area contributed by atoms with Crippen LogP contribution in [0.3, 0.4) is 0 Å². The van der Waals surface area contributed by atoms with Crippen molar-refractivity contribution >= 4 is 44.0 Å². The van der Waals surface area contributed by atoms with E-state index < -0.39 is 5.69 Å². The van der Waals surface area contributed by atoms with E-state index in [9.17, 15) is 9.59 Å². The average molecular weight is 255 g/mol. The summed E-state index contributed by atoms with van der Waals surface area (Å²) >= 11 is 1.38. The van der Waals surface area contributed by atoms with Gasteiger partial charge in [-0.3, -0.25) is 9.78 Å². The molecule has 0 atom stereocenters. The molecule has 0 aliphatic rings. The number of aromatic amines is 2. The summed E-state index contributed by atoms with van der Waals surface area (Å²) < 4.78 is 1.57. The Balaban J connectivity index is 0.000000963. The second-order valence-corrected chi connectivity index (χ2v) is 4.26. The molecular formula is C10H7ClN2O2S. The lowest BCUT2D eigenvalue weighted by molar-refractivity contribution is 1.09. The highest BCUT2D eigenvalue weighted by Gasteiger charge is 2.07. The molecule has 0 unspecified atom stereocenters. The summed E-state index contributed by atoms with van der Waals surface area (Å²) in [6.07, 6.45) is 0. The minimum atomic E-state index is -0.462. The molecule has 0 saturated carbocycles. The van der Waals surface area contributed by atoms with Crippen LogP contribution in [0.1, 0.15) is 0 Å². The van der Waals surface area contributed by atoms with Gasteiger partial charge in [0.05, 0.1) is 5.52 Å². The van der Waals surface area contributed by atoms with Crippen LogP contribution in [0.2, 0.25) is 0 Å². The van der Waals surface area contributed by atoms with Crippen LogP contribution in [0.4, 0.5) is 0 Å². The first kappa shape index (κ1) is 10.9. The van der Waals surface area contributed by atoms with Crippen molar-refractivity contribution in [2.45, 2.75) is 0 Å². The Kier molecular flexibility index (Phi) is 2.57. The van der Waals surface area contributed by atoms with Crippen LogP contribution >= 0.6 is 23.7 Å². The number of H-pyrrole nitrogens is 2. The molecule has 2 heterocycles. The molecule has 0 radical (unpaired) electrons. The lowest BCUT2D eigenvalue weighted by Crippen LogP contribution is -2.20. The van der Waals surface area contributed by atoms with Gasteiger partial charge in [-0.15, -0.1) is 23.7 Å². The first-order chi connectivity index (χ1) is 7.25. The second kappa shape index (κ2) is 3.77. The van der Waals surface area contributed by atoms with Gasteiger partial charge in [0.1, 0.15) is 4.70 Å². The minimum absolute atomic E-state index is 0. The van der Waals surface area contributed by atoms with Crippen LogP contribution in [0, 0.1) is 0 Å². The number of benzene rings is 1. The number of thiophene rings is 1. The van der Waals surface area contributed by atoms with E-state index in [1.165, 1.54) is 11.3 Å². The fourth-order valence-electron chi connectivity index (χ4n) is 1.63. The van der Waals surface area contributed by atoms with Crippen molar-refractivity contribution in [1.29, 1.82) is 0 Å². The second-order valence-electron chi connectivity index (χ2n) is 3.21. The monoisotopic (exact) mass is 254 g/mol. The molecule has 3 aromatic rings. The molecule has 0 aliphatic carbocycles. The Morgan fingerprint density at radius 3 is 2.62 bits per heavy atom. The maximum absolute atomic E-state index is 11.5. The van der Waals surface area contributed by atoms with E-state index in [2.05, 4.69) is 9.97 Å². The first-order valence-electron chi connectivity index (χ1n) is 4.39. The van der Waals surface area contributed by atoms with Gasteiger partial charge in [-0.05, 0) is 6.07 Å². The van der Waals surface area contributed by atoms with Gasteiger partial charge in [-0.1, -0.05) is 18.2 Å². The Morgan fingerprint density at radius 2 is 1.81 bits per heavy atom. The average Bonchev–Trinajstić information content (AvgIpc) is 2.57. The molecule has 0 spiro atoms. The van der Waals surface area contributed by atoms with Crippen molar-refractivity contribution in [3.05, 3.63) is 45.1 Å². The van der Waals surface area contributed by atoms with Crippen LogP contribution in [0.15, 0.2) is 33.9 Å². The smallest absolute Gasteiger partial charge is 0.305 e. The minimum Gasteiger partial charge on any atom is -0.305 e. The Morgan fingerprint density at radius 1 is 1.06 bits per heavy atom. The van der Waals surface area contributed by atoms with E-state index in [4.69, 9.17) is 0 Å². The third kappa shape index (κ3) is 1.45. The molecule has 2 N–H and O–H groups in total. The van der Waals surface area contributed by atoms with Gasteiger partial charge in [-0.2, -0.15) is 0 Å². The molecule has 4 nitrogen and oxygen atoms in total. The largest absolute Gasteiger partial charge is 0.326 e. The predicted molar refractivity (Wildman–Crippen MR) is 67.8 cm³/mol. The molecule has 16 heavy (non-hydrogen) atoms. The maximum atomic E-state index is 11.5. The fraction of sp³-hybridized carbons (Fsp3) is 0. The zero-order valence-electron chi connectivity index (χ0n) is 7.94. The zero-order valence-corrected chi connectivity index (χ0v) is 9.58. The molecule has 2 aromatic heterocycles. The number of hydrogen-bond donors (Lipinski definition) is 2. The third-order valence-electron chi connectivity index (χ3n) is 2.27. The van der Waals surface area contributed by atoms with Crippen LogP contribution in [-0.2, 0) is 0 Å². The summed E-state index contributed by atoms with van der Waals surface area (Å²) in [6, 6.07) is 7.61. The van der Waals surface area contributed by atoms with Crippen molar-refractivity contribution in [1.82, 2.24) is 9.97 Å². The number of halogens is 1. The van der Waals surface area contributed by atoms with E-state index >= 15 is 0 Å². The summed E-state index contributed by atoms with van der Waals surface area (Å²) in [5.41, 5.74) is -0.157. The highest BCUT2D eigenvalue weighted by Crippen LogP contribution is 2.28. The van der Waals surface area contributed by atoms with E-state index in [-0.39, 0.29) is 18.0 Å². The van der Waals surface area contributed by atoms with Crippen molar-refractivity contribution in [2.75, 3.05) is 0 Å². The highest BCUT2D eigenvalue weighted by molar-refractivity contribution is 7.25. The van der Waals surface area contributed by atoms with Crippen molar-refractivity contribution in [2.24, 2.45) is 0 Å². The van der Waals surface area contributed by atoms with Gasteiger partial charge in [0.2, 0.25) is 0 Å². The van der Waals surface area contributed by atoms with Gasteiger partial charge in [0.15, 0.2) is 0 Å². The van der Waals surface area contributed by atoms with Crippen molar-refractivity contribution < 1.29 is 0 Å². The number of aromatic nitrogens is 2. The molecule has 0 aliphatic heterocycles. The topological polar surface area (TPSA) is 65.7 Å². The zero-order chi connectivity index (χ0) is 10.4. The Bertz CT molecular complexity index is 771. The predicted octanol–water partition coefficient (Wildman–Crippen LogP) is 1.85. The summed E-state index contributed by atoms with van der Waals surface area (Å²) in [7, 11) is 0. The molecule has 3 rings (SSSR count). The van der Waals surface area contributed by atoms with Gasteiger partial charge < -0.3 is 4.98 Å². The number of fused-ring (bicyclic) bond motifs is 3. The van der Waals surface area contributed by atoms with E-state index in [1.807, 2.05) is 24.3 Å². The SMILES string of the molecule is Cl.O=c1[nH]c(=O)c2sc3ccccc3c2[nH]1. The Hall–Kier alpha value is -1.59. The lowest BCUT2D eigenvalue weighted by Gasteiger charge is -1.88.